The molecule has 1 aromatic rings. The Morgan fingerprint density at radius 1 is 1.26 bits per heavy atom. The van der Waals surface area contributed by atoms with Crippen molar-refractivity contribution in [2.45, 2.75) is 19.4 Å². The van der Waals surface area contributed by atoms with Crippen LogP contribution in [0.5, 0.6) is 17.2 Å². The van der Waals surface area contributed by atoms with E-state index in [4.69, 9.17) is 19.9 Å². The van der Waals surface area contributed by atoms with Gasteiger partial charge in [-0.2, -0.15) is 0 Å². The second-order valence-corrected chi connectivity index (χ2v) is 4.11. The summed E-state index contributed by atoms with van der Waals surface area (Å²) in [7, 11) is 3.20. The van der Waals surface area contributed by atoms with Gasteiger partial charge >= 0.3 is 0 Å². The minimum absolute atomic E-state index is 0. The Labute approximate surface area is 120 Å². The number of benzene rings is 1. The van der Waals surface area contributed by atoms with Crippen LogP contribution in [0.25, 0.3) is 0 Å². The van der Waals surface area contributed by atoms with Crippen LogP contribution in [-0.4, -0.2) is 26.9 Å². The van der Waals surface area contributed by atoms with Crippen molar-refractivity contribution in [1.82, 2.24) is 0 Å². The number of nitrogens with two attached hydrogens (primary N) is 1. The highest BCUT2D eigenvalue weighted by atomic mass is 35.5. The molecule has 0 aromatic heterocycles. The van der Waals surface area contributed by atoms with Crippen LogP contribution in [0.3, 0.4) is 0 Å². The predicted molar refractivity (Wildman–Crippen MR) is 79.8 cm³/mol. The van der Waals surface area contributed by atoms with Crippen molar-refractivity contribution in [3.05, 3.63) is 30.4 Å². The van der Waals surface area contributed by atoms with Crippen molar-refractivity contribution < 1.29 is 14.2 Å². The van der Waals surface area contributed by atoms with Gasteiger partial charge < -0.3 is 19.9 Å². The van der Waals surface area contributed by atoms with Crippen molar-refractivity contribution >= 4 is 12.4 Å². The monoisotopic (exact) mass is 287 g/mol. The summed E-state index contributed by atoms with van der Waals surface area (Å²) in [6.07, 6.45) is 2.43. The molecule has 0 heterocycles. The molecule has 0 aliphatic carbocycles. The molecule has 0 bridgehead atoms. The highest BCUT2D eigenvalue weighted by Crippen LogP contribution is 2.38. The third-order valence-electron chi connectivity index (χ3n) is 2.42. The number of rotatable bonds is 7. The van der Waals surface area contributed by atoms with Crippen molar-refractivity contribution in [3.8, 4) is 17.2 Å². The van der Waals surface area contributed by atoms with E-state index in [0.717, 1.165) is 12.0 Å². The molecule has 5 heteroatoms. The Hall–Kier alpha value is -1.39. The highest BCUT2D eigenvalue weighted by molar-refractivity contribution is 5.85. The molecule has 0 fully saturated rings. The Morgan fingerprint density at radius 3 is 2.16 bits per heavy atom. The van der Waals surface area contributed by atoms with Crippen LogP contribution < -0.4 is 19.9 Å². The van der Waals surface area contributed by atoms with Crippen molar-refractivity contribution in [2.75, 3.05) is 20.8 Å². The molecular formula is C14H22ClNO3. The van der Waals surface area contributed by atoms with E-state index in [0.29, 0.717) is 23.9 Å². The van der Waals surface area contributed by atoms with Gasteiger partial charge in [-0.25, -0.2) is 0 Å². The molecule has 1 atom stereocenters. The average Bonchev–Trinajstić information content (AvgIpc) is 2.35. The maximum Gasteiger partial charge on any atom is 0.203 e. The fourth-order valence-corrected chi connectivity index (χ4v) is 1.71. The lowest BCUT2D eigenvalue weighted by Crippen LogP contribution is -2.17. The van der Waals surface area contributed by atoms with Crippen LogP contribution in [0, 0.1) is 0 Å². The van der Waals surface area contributed by atoms with Gasteiger partial charge in [-0.05, 0) is 31.0 Å². The third kappa shape index (κ3) is 5.01. The summed E-state index contributed by atoms with van der Waals surface area (Å²) in [6, 6.07) is 3.92. The highest BCUT2D eigenvalue weighted by Gasteiger charge is 2.14. The van der Waals surface area contributed by atoms with E-state index < -0.39 is 0 Å². The van der Waals surface area contributed by atoms with E-state index in [1.807, 2.05) is 19.1 Å². The van der Waals surface area contributed by atoms with Gasteiger partial charge in [-0.1, -0.05) is 12.7 Å². The fraction of sp³-hybridized carbons (Fsp3) is 0.429. The lowest BCUT2D eigenvalue weighted by atomic mass is 10.1. The Bertz CT molecular complexity index is 383. The van der Waals surface area contributed by atoms with Gasteiger partial charge in [-0.15, -0.1) is 12.4 Å². The largest absolute Gasteiger partial charge is 0.493 e. The molecule has 4 nitrogen and oxygen atoms in total. The van der Waals surface area contributed by atoms with E-state index in [2.05, 4.69) is 6.58 Å². The Morgan fingerprint density at radius 2 is 1.79 bits per heavy atom. The van der Waals surface area contributed by atoms with E-state index >= 15 is 0 Å². The summed E-state index contributed by atoms with van der Waals surface area (Å²) in [5, 5.41) is 0. The fourth-order valence-electron chi connectivity index (χ4n) is 1.71. The first-order valence-corrected chi connectivity index (χ1v) is 5.86. The number of methoxy groups -OCH3 is 2. The lowest BCUT2D eigenvalue weighted by Gasteiger charge is -2.16. The second kappa shape index (κ2) is 8.67. The molecule has 0 amide bonds. The number of ether oxygens (including phenoxy) is 3. The van der Waals surface area contributed by atoms with Crippen LogP contribution in [-0.2, 0) is 6.42 Å². The Kier molecular flexibility index (Phi) is 8.03. The maximum absolute atomic E-state index is 5.80. The Balaban J connectivity index is 0.00000324. The van der Waals surface area contributed by atoms with E-state index in [1.165, 1.54) is 0 Å². The van der Waals surface area contributed by atoms with E-state index in [9.17, 15) is 0 Å². The first-order valence-electron chi connectivity index (χ1n) is 5.86. The molecule has 0 aliphatic rings. The van der Waals surface area contributed by atoms with Crippen molar-refractivity contribution in [2.24, 2.45) is 5.73 Å². The van der Waals surface area contributed by atoms with Crippen molar-refractivity contribution in [3.63, 3.8) is 0 Å². The van der Waals surface area contributed by atoms with Crippen LogP contribution in [0.2, 0.25) is 0 Å². The van der Waals surface area contributed by atoms with Gasteiger partial charge in [-0.3, -0.25) is 0 Å². The number of halogens is 1. The summed E-state index contributed by atoms with van der Waals surface area (Å²) < 4.78 is 16.2. The number of hydrogen-bond donors (Lipinski definition) is 1. The summed E-state index contributed by atoms with van der Waals surface area (Å²) in [6.45, 7) is 5.98. The van der Waals surface area contributed by atoms with Crippen LogP contribution in [0.1, 0.15) is 12.5 Å². The average molecular weight is 288 g/mol. The summed E-state index contributed by atoms with van der Waals surface area (Å²) in [4.78, 5) is 0. The molecular weight excluding hydrogens is 266 g/mol. The van der Waals surface area contributed by atoms with Gasteiger partial charge in [0.05, 0.1) is 14.2 Å². The first kappa shape index (κ1) is 17.6. The molecule has 1 rings (SSSR count). The van der Waals surface area contributed by atoms with Gasteiger partial charge in [0, 0.05) is 6.04 Å². The van der Waals surface area contributed by atoms with Crippen LogP contribution >= 0.6 is 12.4 Å². The zero-order valence-corrected chi connectivity index (χ0v) is 12.5. The molecule has 0 radical (unpaired) electrons. The maximum atomic E-state index is 5.80. The third-order valence-corrected chi connectivity index (χ3v) is 2.42. The van der Waals surface area contributed by atoms with Gasteiger partial charge in [0.15, 0.2) is 11.5 Å². The molecule has 108 valence electrons. The summed E-state index contributed by atoms with van der Waals surface area (Å²) >= 11 is 0. The lowest BCUT2D eigenvalue weighted by molar-refractivity contribution is 0.300. The minimum Gasteiger partial charge on any atom is -0.493 e. The molecule has 0 spiro atoms. The predicted octanol–water partition coefficient (Wildman–Crippen LogP) is 2.58. The van der Waals surface area contributed by atoms with Crippen LogP contribution in [0.15, 0.2) is 24.8 Å². The van der Waals surface area contributed by atoms with E-state index in [1.54, 1.807) is 20.3 Å². The SMILES string of the molecule is C=CCOc1c(OC)cc(CC(C)N)cc1OC.Cl. The molecule has 0 saturated heterocycles. The summed E-state index contributed by atoms with van der Waals surface area (Å²) in [5.74, 6) is 1.88. The first-order chi connectivity index (χ1) is 8.62. The van der Waals surface area contributed by atoms with Crippen LogP contribution in [0.4, 0.5) is 0 Å². The quantitative estimate of drug-likeness (QED) is 0.783. The zero-order chi connectivity index (χ0) is 13.5. The molecule has 1 aromatic carbocycles. The number of hydrogen-bond acceptors (Lipinski definition) is 4. The van der Waals surface area contributed by atoms with E-state index in [-0.39, 0.29) is 18.4 Å². The molecule has 19 heavy (non-hydrogen) atoms. The standard InChI is InChI=1S/C14H21NO3.ClH/c1-5-6-18-14-12(16-3)8-11(7-10(2)15)9-13(14)17-4;/h5,8-10H,1,6-7,15H2,2-4H3;1H. The van der Waals surface area contributed by atoms with Gasteiger partial charge in [0.1, 0.15) is 6.61 Å². The molecule has 0 saturated carbocycles. The molecule has 2 N–H and O–H groups in total. The smallest absolute Gasteiger partial charge is 0.203 e. The second-order valence-electron chi connectivity index (χ2n) is 4.11. The topological polar surface area (TPSA) is 53.7 Å². The van der Waals surface area contributed by atoms with Gasteiger partial charge in [0.2, 0.25) is 5.75 Å². The zero-order valence-electron chi connectivity index (χ0n) is 11.6. The molecule has 0 aliphatic heterocycles. The van der Waals surface area contributed by atoms with Gasteiger partial charge in [0.25, 0.3) is 0 Å². The molecule has 1 unspecified atom stereocenters. The summed E-state index contributed by atoms with van der Waals surface area (Å²) in [5.41, 5.74) is 6.86. The minimum atomic E-state index is 0. The van der Waals surface area contributed by atoms with Crippen molar-refractivity contribution in [1.29, 1.82) is 0 Å². The normalized spacial score (nSPS) is 11.2.